The molecule has 3 rings (SSSR count). The molecule has 3 heteroatoms. The van der Waals surface area contributed by atoms with Crippen LogP contribution in [0.25, 0.3) is 0 Å². The Kier molecular flexibility index (Phi) is 8.86. The summed E-state index contributed by atoms with van der Waals surface area (Å²) in [6, 6.07) is 27.4. The first kappa shape index (κ1) is 21.8. The van der Waals surface area contributed by atoms with Crippen molar-refractivity contribution in [3.05, 3.63) is 107 Å². The van der Waals surface area contributed by atoms with Crippen LogP contribution in [0, 0.1) is 5.82 Å². The van der Waals surface area contributed by atoms with E-state index in [1.165, 1.54) is 23.3 Å². The van der Waals surface area contributed by atoms with Gasteiger partial charge in [0.05, 0.1) is 5.60 Å². The predicted octanol–water partition coefficient (Wildman–Crippen LogP) is 5.51. The van der Waals surface area contributed by atoms with Gasteiger partial charge in [0.25, 0.3) is 0 Å². The van der Waals surface area contributed by atoms with Crippen molar-refractivity contribution in [2.75, 3.05) is 0 Å². The maximum absolute atomic E-state index is 12.7. The Morgan fingerprint density at radius 2 is 1.25 bits per heavy atom. The molecule has 0 fully saturated rings. The zero-order valence-electron chi connectivity index (χ0n) is 16.7. The minimum absolute atomic E-state index is 0.215. The number of halogens is 1. The van der Waals surface area contributed by atoms with Crippen molar-refractivity contribution < 1.29 is 9.50 Å². The van der Waals surface area contributed by atoms with Crippen LogP contribution in [0.2, 0.25) is 0 Å². The second-order valence-corrected chi connectivity index (χ2v) is 7.52. The van der Waals surface area contributed by atoms with E-state index in [1.807, 2.05) is 18.2 Å². The fourth-order valence-electron chi connectivity index (χ4n) is 2.69. The first-order valence-electron chi connectivity index (χ1n) is 9.68. The Labute approximate surface area is 168 Å². The Bertz CT molecular complexity index is 758. The van der Waals surface area contributed by atoms with Crippen LogP contribution in [0.5, 0.6) is 0 Å². The summed E-state index contributed by atoms with van der Waals surface area (Å²) in [6.07, 6.45) is 1.36. The standard InChI is InChI=1S/C14H15N.C11H15FO/c1-3-7-13(8-4-1)11-15-12-14-9-5-2-6-10-14;1-11(2,13)7-6-9-4-3-5-10(12)8-9/h1-10,15H,11-12H2;3-5,8,13H,6-7H2,1-2H3. The van der Waals surface area contributed by atoms with E-state index in [2.05, 4.69) is 53.8 Å². The lowest BCUT2D eigenvalue weighted by atomic mass is 9.99. The molecule has 3 aromatic carbocycles. The number of hydrogen-bond acceptors (Lipinski definition) is 2. The Balaban J connectivity index is 0.000000203. The minimum atomic E-state index is -0.674. The van der Waals surface area contributed by atoms with Crippen LogP contribution in [0.3, 0.4) is 0 Å². The molecular formula is C25H30FNO. The molecule has 3 aromatic rings. The molecule has 2 N–H and O–H groups in total. The summed E-state index contributed by atoms with van der Waals surface area (Å²) in [6.45, 7) is 5.37. The largest absolute Gasteiger partial charge is 0.390 e. The van der Waals surface area contributed by atoms with Crippen molar-refractivity contribution in [1.29, 1.82) is 0 Å². The molecule has 0 amide bonds. The predicted molar refractivity (Wildman–Crippen MR) is 114 cm³/mol. The van der Waals surface area contributed by atoms with Crippen LogP contribution in [0.4, 0.5) is 4.39 Å². The molecule has 0 aromatic heterocycles. The van der Waals surface area contributed by atoms with E-state index < -0.39 is 5.60 Å². The zero-order valence-corrected chi connectivity index (χ0v) is 16.7. The van der Waals surface area contributed by atoms with E-state index in [0.717, 1.165) is 18.7 Å². The highest BCUT2D eigenvalue weighted by Gasteiger charge is 2.11. The molecule has 0 saturated heterocycles. The van der Waals surface area contributed by atoms with Gasteiger partial charge >= 0.3 is 0 Å². The summed E-state index contributed by atoms with van der Waals surface area (Å²) in [4.78, 5) is 0. The first-order chi connectivity index (χ1) is 13.4. The highest BCUT2D eigenvalue weighted by Crippen LogP contribution is 2.13. The topological polar surface area (TPSA) is 32.3 Å². The maximum Gasteiger partial charge on any atom is 0.123 e. The third-order valence-electron chi connectivity index (χ3n) is 4.26. The minimum Gasteiger partial charge on any atom is -0.390 e. The van der Waals surface area contributed by atoms with Crippen LogP contribution in [-0.2, 0) is 19.5 Å². The summed E-state index contributed by atoms with van der Waals surface area (Å²) in [5, 5.41) is 12.9. The average molecular weight is 380 g/mol. The van der Waals surface area contributed by atoms with Crippen molar-refractivity contribution in [3.8, 4) is 0 Å². The van der Waals surface area contributed by atoms with Gasteiger partial charge in [-0.05, 0) is 55.5 Å². The monoisotopic (exact) mass is 379 g/mol. The summed E-state index contributed by atoms with van der Waals surface area (Å²) in [5.74, 6) is -0.215. The van der Waals surface area contributed by atoms with Crippen molar-refractivity contribution in [3.63, 3.8) is 0 Å². The highest BCUT2D eigenvalue weighted by atomic mass is 19.1. The van der Waals surface area contributed by atoms with E-state index in [0.29, 0.717) is 12.8 Å². The number of aryl methyl sites for hydroxylation is 1. The molecule has 0 aliphatic heterocycles. The van der Waals surface area contributed by atoms with Gasteiger partial charge in [0, 0.05) is 13.1 Å². The molecule has 0 atom stereocenters. The van der Waals surface area contributed by atoms with Crippen LogP contribution in [-0.4, -0.2) is 10.7 Å². The second-order valence-electron chi connectivity index (χ2n) is 7.52. The molecule has 148 valence electrons. The van der Waals surface area contributed by atoms with Crippen LogP contribution in [0.1, 0.15) is 37.0 Å². The molecule has 0 aliphatic rings. The van der Waals surface area contributed by atoms with E-state index in [4.69, 9.17) is 0 Å². The van der Waals surface area contributed by atoms with Crippen LogP contribution >= 0.6 is 0 Å². The van der Waals surface area contributed by atoms with Gasteiger partial charge in [-0.15, -0.1) is 0 Å². The van der Waals surface area contributed by atoms with Crippen molar-refractivity contribution >= 4 is 0 Å². The van der Waals surface area contributed by atoms with E-state index in [9.17, 15) is 9.50 Å². The van der Waals surface area contributed by atoms with Gasteiger partial charge < -0.3 is 10.4 Å². The van der Waals surface area contributed by atoms with E-state index >= 15 is 0 Å². The van der Waals surface area contributed by atoms with Crippen LogP contribution < -0.4 is 5.32 Å². The third-order valence-corrected chi connectivity index (χ3v) is 4.26. The highest BCUT2D eigenvalue weighted by molar-refractivity contribution is 5.17. The smallest absolute Gasteiger partial charge is 0.123 e. The molecule has 0 bridgehead atoms. The quantitative estimate of drug-likeness (QED) is 0.568. The number of hydrogen-bond donors (Lipinski definition) is 2. The fourth-order valence-corrected chi connectivity index (χ4v) is 2.69. The average Bonchev–Trinajstić information content (AvgIpc) is 2.68. The number of benzene rings is 3. The molecule has 2 nitrogen and oxygen atoms in total. The molecule has 0 radical (unpaired) electrons. The van der Waals surface area contributed by atoms with Gasteiger partial charge in [-0.1, -0.05) is 72.8 Å². The SMILES string of the molecule is CC(C)(O)CCc1cccc(F)c1.c1ccc(CNCc2ccccc2)cc1. The van der Waals surface area contributed by atoms with Gasteiger partial charge in [-0.2, -0.15) is 0 Å². The maximum atomic E-state index is 12.7. The van der Waals surface area contributed by atoms with Crippen LogP contribution in [0.15, 0.2) is 84.9 Å². The van der Waals surface area contributed by atoms with Gasteiger partial charge in [0.2, 0.25) is 0 Å². The molecular weight excluding hydrogens is 349 g/mol. The normalized spacial score (nSPS) is 10.9. The number of nitrogens with one attached hydrogen (secondary N) is 1. The van der Waals surface area contributed by atoms with Gasteiger partial charge in [0.15, 0.2) is 0 Å². The summed E-state index contributed by atoms with van der Waals surface area (Å²) < 4.78 is 12.7. The second kappa shape index (κ2) is 11.4. The van der Waals surface area contributed by atoms with Gasteiger partial charge in [-0.3, -0.25) is 0 Å². The fraction of sp³-hybridized carbons (Fsp3) is 0.280. The Morgan fingerprint density at radius 1 is 0.750 bits per heavy atom. The molecule has 0 spiro atoms. The number of rotatable bonds is 7. The first-order valence-corrected chi connectivity index (χ1v) is 9.68. The third kappa shape index (κ3) is 9.45. The van der Waals surface area contributed by atoms with Crippen molar-refractivity contribution in [2.24, 2.45) is 0 Å². The van der Waals surface area contributed by atoms with E-state index in [-0.39, 0.29) is 5.82 Å². The van der Waals surface area contributed by atoms with Gasteiger partial charge in [0.1, 0.15) is 5.82 Å². The van der Waals surface area contributed by atoms with E-state index in [1.54, 1.807) is 19.9 Å². The summed E-state index contributed by atoms with van der Waals surface area (Å²) in [5.41, 5.74) is 2.91. The molecule has 0 heterocycles. The molecule has 0 unspecified atom stereocenters. The summed E-state index contributed by atoms with van der Waals surface area (Å²) >= 11 is 0. The number of aliphatic hydroxyl groups is 1. The lowest BCUT2D eigenvalue weighted by molar-refractivity contribution is 0.0714. The van der Waals surface area contributed by atoms with Gasteiger partial charge in [-0.25, -0.2) is 4.39 Å². The molecule has 0 aliphatic carbocycles. The zero-order chi connectivity index (χ0) is 20.2. The van der Waals surface area contributed by atoms with Crippen molar-refractivity contribution in [1.82, 2.24) is 5.32 Å². The molecule has 0 saturated carbocycles. The lowest BCUT2D eigenvalue weighted by Crippen LogP contribution is -2.19. The lowest BCUT2D eigenvalue weighted by Gasteiger charge is -2.16. The Morgan fingerprint density at radius 3 is 1.71 bits per heavy atom. The van der Waals surface area contributed by atoms with Crippen molar-refractivity contribution in [2.45, 2.75) is 45.4 Å². The Hall–Kier alpha value is -2.49. The summed E-state index contributed by atoms with van der Waals surface area (Å²) in [7, 11) is 0. The molecule has 28 heavy (non-hydrogen) atoms.